The van der Waals surface area contributed by atoms with Crippen LogP contribution in [0.3, 0.4) is 0 Å². The Bertz CT molecular complexity index is 1070. The smallest absolute Gasteiger partial charge is 0.237 e. The lowest BCUT2D eigenvalue weighted by Gasteiger charge is -2.03. The second-order valence-electron chi connectivity index (χ2n) is 5.54. The standard InChI is InChI=1S/C18H14BrN5O2S2/c1-25-14-7-5-13(6-8-14)20-17-22-23-18(28-17)27-10-15-21-16(24-26-15)11-3-2-4-12(19)9-11/h2-9H,10H2,1H3,(H,20,22). The van der Waals surface area contributed by atoms with Crippen molar-refractivity contribution >= 4 is 49.8 Å². The molecular formula is C18H14BrN5O2S2. The topological polar surface area (TPSA) is 86.0 Å². The van der Waals surface area contributed by atoms with Crippen molar-refractivity contribution in [1.82, 2.24) is 20.3 Å². The maximum atomic E-state index is 5.34. The first-order valence-electron chi connectivity index (χ1n) is 8.15. The van der Waals surface area contributed by atoms with Crippen LogP contribution in [0.25, 0.3) is 11.4 Å². The van der Waals surface area contributed by atoms with Crippen molar-refractivity contribution in [3.63, 3.8) is 0 Å². The van der Waals surface area contributed by atoms with Crippen LogP contribution in [-0.4, -0.2) is 27.4 Å². The predicted octanol–water partition coefficient (Wildman–Crippen LogP) is 5.40. The van der Waals surface area contributed by atoms with Gasteiger partial charge in [0.2, 0.25) is 16.8 Å². The molecule has 2 heterocycles. The first-order chi connectivity index (χ1) is 13.7. The summed E-state index contributed by atoms with van der Waals surface area (Å²) in [7, 11) is 1.64. The summed E-state index contributed by atoms with van der Waals surface area (Å²) in [6.45, 7) is 0. The van der Waals surface area contributed by atoms with Gasteiger partial charge >= 0.3 is 0 Å². The van der Waals surface area contributed by atoms with Crippen molar-refractivity contribution < 1.29 is 9.26 Å². The number of hydrogen-bond acceptors (Lipinski definition) is 9. The normalized spacial score (nSPS) is 10.8. The fourth-order valence-electron chi connectivity index (χ4n) is 2.30. The van der Waals surface area contributed by atoms with Gasteiger partial charge in [-0.25, -0.2) is 0 Å². The minimum atomic E-state index is 0.526. The largest absolute Gasteiger partial charge is 0.497 e. The monoisotopic (exact) mass is 475 g/mol. The van der Waals surface area contributed by atoms with Gasteiger partial charge in [0.05, 0.1) is 12.9 Å². The van der Waals surface area contributed by atoms with Crippen molar-refractivity contribution in [2.24, 2.45) is 0 Å². The van der Waals surface area contributed by atoms with Crippen LogP contribution in [-0.2, 0) is 5.75 Å². The molecule has 142 valence electrons. The van der Waals surface area contributed by atoms with E-state index in [1.807, 2.05) is 48.5 Å². The van der Waals surface area contributed by atoms with Crippen molar-refractivity contribution in [1.29, 1.82) is 0 Å². The summed E-state index contributed by atoms with van der Waals surface area (Å²) in [5, 5.41) is 16.3. The van der Waals surface area contributed by atoms with Crippen molar-refractivity contribution in [3.05, 3.63) is 58.9 Å². The average Bonchev–Trinajstić information content (AvgIpc) is 3.36. The van der Waals surface area contributed by atoms with E-state index < -0.39 is 0 Å². The number of benzene rings is 2. The highest BCUT2D eigenvalue weighted by atomic mass is 79.9. The number of aromatic nitrogens is 4. The number of methoxy groups -OCH3 is 1. The summed E-state index contributed by atoms with van der Waals surface area (Å²) in [5.41, 5.74) is 1.82. The van der Waals surface area contributed by atoms with Gasteiger partial charge in [0.1, 0.15) is 5.75 Å². The number of ether oxygens (including phenoxy) is 1. The van der Waals surface area contributed by atoms with Gasteiger partial charge in [-0.1, -0.05) is 56.3 Å². The van der Waals surface area contributed by atoms with E-state index >= 15 is 0 Å². The molecule has 0 atom stereocenters. The predicted molar refractivity (Wildman–Crippen MR) is 113 cm³/mol. The van der Waals surface area contributed by atoms with Crippen molar-refractivity contribution in [2.75, 3.05) is 12.4 Å². The molecule has 0 amide bonds. The summed E-state index contributed by atoms with van der Waals surface area (Å²) in [4.78, 5) is 4.44. The maximum absolute atomic E-state index is 5.34. The molecule has 1 N–H and O–H groups in total. The molecule has 7 nitrogen and oxygen atoms in total. The average molecular weight is 476 g/mol. The quantitative estimate of drug-likeness (QED) is 0.355. The van der Waals surface area contributed by atoms with Crippen molar-refractivity contribution in [3.8, 4) is 17.1 Å². The third-order valence-electron chi connectivity index (χ3n) is 3.62. The van der Waals surface area contributed by atoms with Gasteiger partial charge in [-0.15, -0.1) is 10.2 Å². The molecule has 0 saturated heterocycles. The van der Waals surface area contributed by atoms with E-state index in [9.17, 15) is 0 Å². The van der Waals surface area contributed by atoms with E-state index in [-0.39, 0.29) is 0 Å². The van der Waals surface area contributed by atoms with Crippen LogP contribution in [0.1, 0.15) is 5.89 Å². The molecule has 0 saturated carbocycles. The van der Waals surface area contributed by atoms with Gasteiger partial charge < -0.3 is 14.6 Å². The van der Waals surface area contributed by atoms with Crippen LogP contribution >= 0.6 is 39.0 Å². The maximum Gasteiger partial charge on any atom is 0.237 e. The van der Waals surface area contributed by atoms with Gasteiger partial charge in [0.25, 0.3) is 0 Å². The molecule has 0 spiro atoms. The highest BCUT2D eigenvalue weighted by Gasteiger charge is 2.11. The van der Waals surface area contributed by atoms with E-state index in [2.05, 4.69) is 41.6 Å². The first-order valence-corrected chi connectivity index (χ1v) is 10.7. The Hall–Kier alpha value is -2.43. The molecule has 10 heteroatoms. The zero-order valence-corrected chi connectivity index (χ0v) is 17.8. The highest BCUT2D eigenvalue weighted by molar-refractivity contribution is 9.10. The van der Waals surface area contributed by atoms with E-state index in [1.165, 1.54) is 23.1 Å². The van der Waals surface area contributed by atoms with Crippen LogP contribution in [0.2, 0.25) is 0 Å². The van der Waals surface area contributed by atoms with E-state index in [1.54, 1.807) is 7.11 Å². The van der Waals surface area contributed by atoms with Crippen LogP contribution in [0.15, 0.2) is 61.9 Å². The molecular weight excluding hydrogens is 462 g/mol. The Balaban J connectivity index is 1.35. The van der Waals surface area contributed by atoms with Gasteiger partial charge in [0, 0.05) is 15.7 Å². The number of halogens is 1. The second-order valence-corrected chi connectivity index (χ2v) is 8.65. The van der Waals surface area contributed by atoms with E-state index in [0.29, 0.717) is 22.6 Å². The first kappa shape index (κ1) is 18.9. The summed E-state index contributed by atoms with van der Waals surface area (Å²) in [6, 6.07) is 15.4. The summed E-state index contributed by atoms with van der Waals surface area (Å²) in [6.07, 6.45) is 0. The summed E-state index contributed by atoms with van der Waals surface area (Å²) in [5.74, 6) is 2.44. The molecule has 0 aliphatic carbocycles. The van der Waals surface area contributed by atoms with Crippen LogP contribution in [0.4, 0.5) is 10.8 Å². The third-order valence-corrected chi connectivity index (χ3v) is 6.07. The van der Waals surface area contributed by atoms with Crippen LogP contribution in [0, 0.1) is 0 Å². The summed E-state index contributed by atoms with van der Waals surface area (Å²) < 4.78 is 12.3. The molecule has 28 heavy (non-hydrogen) atoms. The second kappa shape index (κ2) is 8.72. The Morgan fingerprint density at radius 1 is 1.18 bits per heavy atom. The fraction of sp³-hybridized carbons (Fsp3) is 0.111. The fourth-order valence-corrected chi connectivity index (χ4v) is 4.31. The van der Waals surface area contributed by atoms with Gasteiger partial charge in [-0.05, 0) is 36.4 Å². The Morgan fingerprint density at radius 2 is 2.04 bits per heavy atom. The number of nitrogens with zero attached hydrogens (tertiary/aromatic N) is 4. The van der Waals surface area contributed by atoms with Gasteiger partial charge in [-0.3, -0.25) is 0 Å². The van der Waals surface area contributed by atoms with E-state index in [0.717, 1.165) is 25.8 Å². The van der Waals surface area contributed by atoms with E-state index in [4.69, 9.17) is 9.26 Å². The number of rotatable bonds is 7. The molecule has 2 aromatic carbocycles. The minimum absolute atomic E-state index is 0.526. The molecule has 0 bridgehead atoms. The summed E-state index contributed by atoms with van der Waals surface area (Å²) >= 11 is 6.41. The lowest BCUT2D eigenvalue weighted by molar-refractivity contribution is 0.391. The number of thioether (sulfide) groups is 1. The van der Waals surface area contributed by atoms with Gasteiger partial charge in [0.15, 0.2) is 4.34 Å². The minimum Gasteiger partial charge on any atom is -0.497 e. The molecule has 0 aliphatic heterocycles. The van der Waals surface area contributed by atoms with Gasteiger partial charge in [-0.2, -0.15) is 4.98 Å². The Morgan fingerprint density at radius 3 is 2.82 bits per heavy atom. The molecule has 0 unspecified atom stereocenters. The molecule has 4 aromatic rings. The molecule has 0 aliphatic rings. The molecule has 0 fully saturated rings. The van der Waals surface area contributed by atoms with Crippen LogP contribution < -0.4 is 10.1 Å². The SMILES string of the molecule is COc1ccc(Nc2nnc(SCc3nc(-c4cccc(Br)c4)no3)s2)cc1. The Kier molecular flexibility index (Phi) is 5.89. The number of anilines is 2. The zero-order valence-electron chi connectivity index (χ0n) is 14.6. The van der Waals surface area contributed by atoms with Crippen LogP contribution in [0.5, 0.6) is 5.75 Å². The molecule has 2 aromatic heterocycles. The molecule has 0 radical (unpaired) electrons. The lowest BCUT2D eigenvalue weighted by Crippen LogP contribution is -1.89. The Labute approximate surface area is 177 Å². The molecule has 4 rings (SSSR count). The highest BCUT2D eigenvalue weighted by Crippen LogP contribution is 2.30. The number of nitrogens with one attached hydrogen (secondary N) is 1. The van der Waals surface area contributed by atoms with Crippen molar-refractivity contribution in [2.45, 2.75) is 10.1 Å². The number of hydrogen-bond donors (Lipinski definition) is 1. The lowest BCUT2D eigenvalue weighted by atomic mass is 10.2. The third kappa shape index (κ3) is 4.70. The zero-order chi connectivity index (χ0) is 19.3.